The van der Waals surface area contributed by atoms with Gasteiger partial charge in [-0.2, -0.15) is 0 Å². The molecule has 136 valence electrons. The first-order chi connectivity index (χ1) is 11.0. The lowest BCUT2D eigenvalue weighted by atomic mass is 10.1. The summed E-state index contributed by atoms with van der Waals surface area (Å²) in [5.41, 5.74) is -0.110. The quantitative estimate of drug-likeness (QED) is 0.414. The lowest BCUT2D eigenvalue weighted by molar-refractivity contribution is -0.145. The SMILES string of the molecule is C=C(/C=C/COC(C)=O)CC(NC(=O)OC(C)(C)C)C(=O)OCC. The van der Waals surface area contributed by atoms with Crippen LogP contribution in [0.2, 0.25) is 0 Å². The summed E-state index contributed by atoms with van der Waals surface area (Å²) >= 11 is 0. The Balaban J connectivity index is 4.72. The Morgan fingerprint density at radius 1 is 1.21 bits per heavy atom. The molecule has 1 amide bonds. The molecule has 7 nitrogen and oxygen atoms in total. The van der Waals surface area contributed by atoms with Crippen LogP contribution in [0.4, 0.5) is 4.79 Å². The normalized spacial score (nSPS) is 12.4. The molecule has 1 unspecified atom stereocenters. The first-order valence-electron chi connectivity index (χ1n) is 7.69. The van der Waals surface area contributed by atoms with Gasteiger partial charge in [0.1, 0.15) is 18.2 Å². The minimum Gasteiger partial charge on any atom is -0.464 e. The van der Waals surface area contributed by atoms with Crippen LogP contribution in [0.5, 0.6) is 0 Å². The number of esters is 2. The molecule has 0 rings (SSSR count). The average molecular weight is 341 g/mol. The zero-order valence-corrected chi connectivity index (χ0v) is 15.0. The largest absolute Gasteiger partial charge is 0.464 e. The molecular weight excluding hydrogens is 314 g/mol. The van der Waals surface area contributed by atoms with Gasteiger partial charge in [-0.05, 0) is 33.8 Å². The summed E-state index contributed by atoms with van der Waals surface area (Å²) in [4.78, 5) is 34.5. The fraction of sp³-hybridized carbons (Fsp3) is 0.588. The van der Waals surface area contributed by atoms with Gasteiger partial charge >= 0.3 is 18.0 Å². The number of rotatable bonds is 8. The van der Waals surface area contributed by atoms with Crippen molar-refractivity contribution < 1.29 is 28.6 Å². The van der Waals surface area contributed by atoms with Crippen molar-refractivity contribution in [3.8, 4) is 0 Å². The smallest absolute Gasteiger partial charge is 0.408 e. The maximum Gasteiger partial charge on any atom is 0.408 e. The van der Waals surface area contributed by atoms with Gasteiger partial charge in [0.05, 0.1) is 6.61 Å². The minimum atomic E-state index is -0.911. The number of carbonyl (C=O) groups excluding carboxylic acids is 3. The van der Waals surface area contributed by atoms with Crippen molar-refractivity contribution in [2.75, 3.05) is 13.2 Å². The summed E-state index contributed by atoms with van der Waals surface area (Å²) in [6, 6.07) is -0.911. The Morgan fingerprint density at radius 2 is 1.83 bits per heavy atom. The van der Waals surface area contributed by atoms with E-state index in [9.17, 15) is 14.4 Å². The van der Waals surface area contributed by atoms with Crippen molar-refractivity contribution in [2.45, 2.75) is 52.7 Å². The molecule has 0 heterocycles. The highest BCUT2D eigenvalue weighted by molar-refractivity contribution is 5.81. The summed E-state index contributed by atoms with van der Waals surface area (Å²) in [5, 5.41) is 2.48. The molecule has 0 spiro atoms. The van der Waals surface area contributed by atoms with Crippen molar-refractivity contribution in [3.63, 3.8) is 0 Å². The molecule has 24 heavy (non-hydrogen) atoms. The van der Waals surface area contributed by atoms with E-state index in [-0.39, 0.29) is 25.6 Å². The van der Waals surface area contributed by atoms with Gasteiger partial charge in [-0.25, -0.2) is 9.59 Å². The zero-order valence-electron chi connectivity index (χ0n) is 15.0. The monoisotopic (exact) mass is 341 g/mol. The summed E-state index contributed by atoms with van der Waals surface area (Å²) in [7, 11) is 0. The molecule has 0 aromatic heterocycles. The lowest BCUT2D eigenvalue weighted by Gasteiger charge is -2.23. The van der Waals surface area contributed by atoms with Crippen molar-refractivity contribution in [1.82, 2.24) is 5.32 Å². The topological polar surface area (TPSA) is 90.9 Å². The second-order valence-electron chi connectivity index (χ2n) is 6.02. The molecule has 0 aromatic rings. The molecular formula is C17H27NO6. The Hall–Kier alpha value is -2.31. The van der Waals surface area contributed by atoms with Crippen LogP contribution >= 0.6 is 0 Å². The molecule has 1 N–H and O–H groups in total. The van der Waals surface area contributed by atoms with E-state index in [1.807, 2.05) is 0 Å². The van der Waals surface area contributed by atoms with E-state index in [1.54, 1.807) is 39.8 Å². The fourth-order valence-corrected chi connectivity index (χ4v) is 1.60. The molecule has 1 atom stereocenters. The van der Waals surface area contributed by atoms with Crippen molar-refractivity contribution in [2.24, 2.45) is 0 Å². The summed E-state index contributed by atoms with van der Waals surface area (Å²) in [5.74, 6) is -0.959. The molecule has 0 fully saturated rings. The molecule has 0 aliphatic heterocycles. The van der Waals surface area contributed by atoms with E-state index in [1.165, 1.54) is 6.92 Å². The van der Waals surface area contributed by atoms with Crippen LogP contribution in [0.1, 0.15) is 41.0 Å². The van der Waals surface area contributed by atoms with E-state index in [0.717, 1.165) is 0 Å². The number of hydrogen-bond acceptors (Lipinski definition) is 6. The van der Waals surface area contributed by atoms with Gasteiger partial charge in [-0.3, -0.25) is 4.79 Å². The standard InChI is InChI=1S/C17H27NO6/c1-7-22-15(20)14(18-16(21)24-17(4,5)6)11-12(2)9-8-10-23-13(3)19/h8-9,14H,2,7,10-11H2,1,3-6H3,(H,18,21)/b9-8+. The molecule has 0 radical (unpaired) electrons. The second-order valence-corrected chi connectivity index (χ2v) is 6.02. The van der Waals surface area contributed by atoms with E-state index >= 15 is 0 Å². The van der Waals surface area contributed by atoms with Crippen molar-refractivity contribution >= 4 is 18.0 Å². The molecule has 0 aliphatic carbocycles. The second kappa shape index (κ2) is 10.5. The Kier molecular flexibility index (Phi) is 9.45. The summed E-state index contributed by atoms with van der Waals surface area (Å²) in [6.07, 6.45) is 2.65. The van der Waals surface area contributed by atoms with Crippen molar-refractivity contribution in [3.05, 3.63) is 24.3 Å². The molecule has 7 heteroatoms. The molecule has 0 aliphatic rings. The van der Waals surface area contributed by atoms with Gasteiger partial charge in [0.15, 0.2) is 0 Å². The van der Waals surface area contributed by atoms with Gasteiger partial charge in [0.25, 0.3) is 0 Å². The summed E-state index contributed by atoms with van der Waals surface area (Å²) < 4.78 is 14.8. The third-order valence-corrected chi connectivity index (χ3v) is 2.46. The summed E-state index contributed by atoms with van der Waals surface area (Å²) in [6.45, 7) is 12.3. The van der Waals surface area contributed by atoms with Crippen LogP contribution in [0.15, 0.2) is 24.3 Å². The van der Waals surface area contributed by atoms with E-state index in [2.05, 4.69) is 11.9 Å². The number of alkyl carbamates (subject to hydrolysis) is 1. The van der Waals surface area contributed by atoms with Gasteiger partial charge < -0.3 is 19.5 Å². The minimum absolute atomic E-state index is 0.109. The average Bonchev–Trinajstić information content (AvgIpc) is 2.41. The number of ether oxygens (including phenoxy) is 3. The predicted molar refractivity (Wildman–Crippen MR) is 89.3 cm³/mol. The number of hydrogen-bond donors (Lipinski definition) is 1. The fourth-order valence-electron chi connectivity index (χ4n) is 1.60. The Bertz CT molecular complexity index is 490. The number of carbonyl (C=O) groups is 3. The highest BCUT2D eigenvalue weighted by Gasteiger charge is 2.25. The van der Waals surface area contributed by atoms with Gasteiger partial charge in [-0.1, -0.05) is 18.2 Å². The maximum absolute atomic E-state index is 12.0. The highest BCUT2D eigenvalue weighted by atomic mass is 16.6. The van der Waals surface area contributed by atoms with E-state index in [4.69, 9.17) is 14.2 Å². The molecule has 0 saturated heterocycles. The van der Waals surface area contributed by atoms with Crippen LogP contribution in [-0.2, 0) is 23.8 Å². The number of allylic oxidation sites excluding steroid dienone is 1. The Labute approximate surface area is 143 Å². The highest BCUT2D eigenvalue weighted by Crippen LogP contribution is 2.10. The Morgan fingerprint density at radius 3 is 2.33 bits per heavy atom. The van der Waals surface area contributed by atoms with Crippen LogP contribution in [0.3, 0.4) is 0 Å². The van der Waals surface area contributed by atoms with Gasteiger partial charge in [0.2, 0.25) is 0 Å². The third-order valence-electron chi connectivity index (χ3n) is 2.46. The van der Waals surface area contributed by atoms with Crippen LogP contribution in [-0.4, -0.2) is 42.9 Å². The first-order valence-corrected chi connectivity index (χ1v) is 7.69. The van der Waals surface area contributed by atoms with E-state index < -0.39 is 23.7 Å². The molecule has 0 saturated carbocycles. The first kappa shape index (κ1) is 21.7. The maximum atomic E-state index is 12.0. The zero-order chi connectivity index (χ0) is 18.8. The third kappa shape index (κ3) is 11.3. The molecule has 0 bridgehead atoms. The van der Waals surface area contributed by atoms with Crippen LogP contribution in [0, 0.1) is 0 Å². The van der Waals surface area contributed by atoms with Gasteiger partial charge in [-0.15, -0.1) is 0 Å². The lowest BCUT2D eigenvalue weighted by Crippen LogP contribution is -2.44. The molecule has 0 aromatic carbocycles. The van der Waals surface area contributed by atoms with Crippen LogP contribution < -0.4 is 5.32 Å². The number of nitrogens with one attached hydrogen (secondary N) is 1. The predicted octanol–water partition coefficient (Wildman–Crippen LogP) is 2.51. The van der Waals surface area contributed by atoms with Crippen LogP contribution in [0.25, 0.3) is 0 Å². The van der Waals surface area contributed by atoms with E-state index in [0.29, 0.717) is 5.57 Å². The number of amides is 1. The van der Waals surface area contributed by atoms with Gasteiger partial charge in [0, 0.05) is 13.3 Å². The van der Waals surface area contributed by atoms with Crippen molar-refractivity contribution in [1.29, 1.82) is 0 Å².